The highest BCUT2D eigenvalue weighted by Crippen LogP contribution is 2.21. The highest BCUT2D eigenvalue weighted by atomic mass is 32.2. The Morgan fingerprint density at radius 3 is 2.55 bits per heavy atom. The van der Waals surface area contributed by atoms with Crippen LogP contribution in [-0.2, 0) is 10.0 Å². The standard InChI is InChI=1S/C13H18FN3O2S/c1-10(2)9-17(5-3-4-15)20(18,19)13-7-11(14)6-12(16)8-13/h6-8,10H,3,5,9,16H2,1-2H3. The van der Waals surface area contributed by atoms with Gasteiger partial charge in [0.25, 0.3) is 0 Å². The quantitative estimate of drug-likeness (QED) is 0.813. The van der Waals surface area contributed by atoms with Crippen LogP contribution in [0.2, 0.25) is 0 Å². The predicted octanol–water partition coefficient (Wildman–Crippen LogP) is 1.97. The van der Waals surface area contributed by atoms with E-state index in [1.807, 2.05) is 19.9 Å². The zero-order valence-electron chi connectivity index (χ0n) is 11.5. The minimum Gasteiger partial charge on any atom is -0.399 e. The molecule has 1 aromatic carbocycles. The fourth-order valence-corrected chi connectivity index (χ4v) is 3.44. The number of hydrogen-bond acceptors (Lipinski definition) is 4. The SMILES string of the molecule is CC(C)CN(CCC#N)S(=O)(=O)c1cc(N)cc(F)c1. The summed E-state index contributed by atoms with van der Waals surface area (Å²) in [6.07, 6.45) is 0.0801. The van der Waals surface area contributed by atoms with Crippen molar-refractivity contribution in [2.75, 3.05) is 18.8 Å². The van der Waals surface area contributed by atoms with Crippen molar-refractivity contribution in [1.29, 1.82) is 5.26 Å². The third-order valence-corrected chi connectivity index (χ3v) is 4.42. The number of benzene rings is 1. The van der Waals surface area contributed by atoms with Gasteiger partial charge in [-0.2, -0.15) is 9.57 Å². The Labute approximate surface area is 118 Å². The molecule has 0 unspecified atom stereocenters. The molecule has 110 valence electrons. The third-order valence-electron chi connectivity index (χ3n) is 2.57. The molecule has 0 radical (unpaired) electrons. The summed E-state index contributed by atoms with van der Waals surface area (Å²) in [6, 6.07) is 5.13. The second-order valence-electron chi connectivity index (χ2n) is 4.89. The van der Waals surface area contributed by atoms with E-state index >= 15 is 0 Å². The molecule has 1 rings (SSSR count). The molecule has 0 spiro atoms. The molecule has 0 fully saturated rings. The van der Waals surface area contributed by atoms with Crippen LogP contribution in [0.25, 0.3) is 0 Å². The lowest BCUT2D eigenvalue weighted by molar-refractivity contribution is 0.372. The number of nitriles is 1. The van der Waals surface area contributed by atoms with E-state index in [1.165, 1.54) is 10.4 Å². The number of anilines is 1. The van der Waals surface area contributed by atoms with Gasteiger partial charge >= 0.3 is 0 Å². The molecule has 0 amide bonds. The first-order valence-electron chi connectivity index (χ1n) is 6.20. The van der Waals surface area contributed by atoms with E-state index < -0.39 is 15.8 Å². The molecule has 0 aliphatic carbocycles. The van der Waals surface area contributed by atoms with Crippen LogP contribution in [0.3, 0.4) is 0 Å². The number of halogens is 1. The minimum atomic E-state index is -3.85. The van der Waals surface area contributed by atoms with Gasteiger partial charge in [-0.1, -0.05) is 13.8 Å². The van der Waals surface area contributed by atoms with Crippen molar-refractivity contribution in [3.05, 3.63) is 24.0 Å². The van der Waals surface area contributed by atoms with Crippen molar-refractivity contribution in [1.82, 2.24) is 4.31 Å². The van der Waals surface area contributed by atoms with Gasteiger partial charge in [0, 0.05) is 25.2 Å². The maximum atomic E-state index is 13.3. The number of hydrogen-bond donors (Lipinski definition) is 1. The third kappa shape index (κ3) is 4.18. The van der Waals surface area contributed by atoms with Gasteiger partial charge in [-0.3, -0.25) is 0 Å². The molecule has 0 atom stereocenters. The smallest absolute Gasteiger partial charge is 0.243 e. The van der Waals surface area contributed by atoms with Gasteiger partial charge in [-0.25, -0.2) is 12.8 Å². The molecule has 0 bridgehead atoms. The number of sulfonamides is 1. The lowest BCUT2D eigenvalue weighted by Gasteiger charge is -2.23. The molecule has 0 saturated carbocycles. The molecule has 0 heterocycles. The second-order valence-corrected chi connectivity index (χ2v) is 6.82. The Kier molecular flexibility index (Phi) is 5.48. The maximum Gasteiger partial charge on any atom is 0.243 e. The highest BCUT2D eigenvalue weighted by Gasteiger charge is 2.25. The lowest BCUT2D eigenvalue weighted by atomic mass is 10.2. The van der Waals surface area contributed by atoms with Gasteiger partial charge in [-0.15, -0.1) is 0 Å². The molecule has 5 nitrogen and oxygen atoms in total. The molecule has 0 aliphatic rings. The van der Waals surface area contributed by atoms with E-state index in [4.69, 9.17) is 11.0 Å². The van der Waals surface area contributed by atoms with Crippen LogP contribution in [-0.4, -0.2) is 25.8 Å². The summed E-state index contributed by atoms with van der Waals surface area (Å²) in [5.41, 5.74) is 5.53. The van der Waals surface area contributed by atoms with Gasteiger partial charge in [0.15, 0.2) is 0 Å². The van der Waals surface area contributed by atoms with Gasteiger partial charge in [0.1, 0.15) is 5.82 Å². The van der Waals surface area contributed by atoms with Crippen molar-refractivity contribution in [3.8, 4) is 6.07 Å². The monoisotopic (exact) mass is 299 g/mol. The first kappa shape index (κ1) is 16.4. The average molecular weight is 299 g/mol. The molecule has 7 heteroatoms. The number of nitrogens with zero attached hydrogens (tertiary/aromatic N) is 2. The van der Waals surface area contributed by atoms with E-state index in [0.717, 1.165) is 12.1 Å². The molecule has 0 saturated heterocycles. The van der Waals surface area contributed by atoms with Gasteiger partial charge in [-0.05, 0) is 24.1 Å². The van der Waals surface area contributed by atoms with Crippen molar-refractivity contribution >= 4 is 15.7 Å². The highest BCUT2D eigenvalue weighted by molar-refractivity contribution is 7.89. The van der Waals surface area contributed by atoms with Crippen LogP contribution in [0.1, 0.15) is 20.3 Å². The van der Waals surface area contributed by atoms with Crippen molar-refractivity contribution in [2.24, 2.45) is 5.92 Å². The average Bonchev–Trinajstić information content (AvgIpc) is 2.32. The fraction of sp³-hybridized carbons (Fsp3) is 0.462. The Balaban J connectivity index is 3.17. The topological polar surface area (TPSA) is 87.2 Å². The predicted molar refractivity (Wildman–Crippen MR) is 74.6 cm³/mol. The van der Waals surface area contributed by atoms with E-state index in [9.17, 15) is 12.8 Å². The van der Waals surface area contributed by atoms with Crippen molar-refractivity contribution in [3.63, 3.8) is 0 Å². The summed E-state index contributed by atoms with van der Waals surface area (Å²) in [5.74, 6) is -0.609. The van der Waals surface area contributed by atoms with E-state index in [0.29, 0.717) is 0 Å². The van der Waals surface area contributed by atoms with Crippen molar-refractivity contribution in [2.45, 2.75) is 25.2 Å². The molecule has 0 aromatic heterocycles. The van der Waals surface area contributed by atoms with Crippen LogP contribution >= 0.6 is 0 Å². The van der Waals surface area contributed by atoms with Crippen molar-refractivity contribution < 1.29 is 12.8 Å². The van der Waals surface area contributed by atoms with Gasteiger partial charge < -0.3 is 5.73 Å². The summed E-state index contributed by atoms with van der Waals surface area (Å²) < 4.78 is 39.5. The first-order chi connectivity index (χ1) is 9.27. The molecule has 20 heavy (non-hydrogen) atoms. The van der Waals surface area contributed by atoms with E-state index in [2.05, 4.69) is 0 Å². The summed E-state index contributed by atoms with van der Waals surface area (Å²) in [5, 5.41) is 8.62. The number of nitrogens with two attached hydrogens (primary N) is 1. The minimum absolute atomic E-state index is 0.0494. The Hall–Kier alpha value is -1.65. The number of rotatable bonds is 6. The largest absolute Gasteiger partial charge is 0.399 e. The summed E-state index contributed by atoms with van der Waals surface area (Å²) in [7, 11) is -3.85. The van der Waals surface area contributed by atoms with Crippen LogP contribution in [0.15, 0.2) is 23.1 Å². The maximum absolute atomic E-state index is 13.3. The van der Waals surface area contributed by atoms with Crippen LogP contribution in [0.5, 0.6) is 0 Å². The first-order valence-corrected chi connectivity index (χ1v) is 7.64. The Morgan fingerprint density at radius 1 is 1.40 bits per heavy atom. The second kappa shape index (κ2) is 6.68. The van der Waals surface area contributed by atoms with E-state index in [1.54, 1.807) is 0 Å². The van der Waals surface area contributed by atoms with Gasteiger partial charge in [0.2, 0.25) is 10.0 Å². The van der Waals surface area contributed by atoms with Crippen LogP contribution < -0.4 is 5.73 Å². The Morgan fingerprint density at radius 2 is 2.05 bits per heavy atom. The zero-order valence-corrected chi connectivity index (χ0v) is 12.3. The molecule has 0 aliphatic heterocycles. The number of nitrogen functional groups attached to an aromatic ring is 1. The molecule has 1 aromatic rings. The molecular weight excluding hydrogens is 281 g/mol. The fourth-order valence-electron chi connectivity index (χ4n) is 1.77. The molecular formula is C13H18FN3O2S. The summed E-state index contributed by atoms with van der Waals surface area (Å²) in [6.45, 7) is 4.08. The lowest BCUT2D eigenvalue weighted by Crippen LogP contribution is -2.35. The summed E-state index contributed by atoms with van der Waals surface area (Å²) >= 11 is 0. The summed E-state index contributed by atoms with van der Waals surface area (Å²) in [4.78, 5) is -0.186. The van der Waals surface area contributed by atoms with E-state index in [-0.39, 0.29) is 36.0 Å². The zero-order chi connectivity index (χ0) is 15.3. The van der Waals surface area contributed by atoms with Gasteiger partial charge in [0.05, 0.1) is 11.0 Å². The Bertz CT molecular complexity index is 588. The normalized spacial score (nSPS) is 11.8. The molecule has 2 N–H and O–H groups in total. The van der Waals surface area contributed by atoms with Crippen LogP contribution in [0, 0.1) is 23.1 Å². The van der Waals surface area contributed by atoms with Crippen LogP contribution in [0.4, 0.5) is 10.1 Å².